The topological polar surface area (TPSA) is 74.9 Å². The average Bonchev–Trinajstić information content (AvgIpc) is 3.05. The summed E-state index contributed by atoms with van der Waals surface area (Å²) < 4.78 is 10.5. The number of aliphatic hydroxyl groups is 1. The minimum absolute atomic E-state index is 0.138. The molecule has 3 N–H and O–H groups in total. The summed E-state index contributed by atoms with van der Waals surface area (Å²) in [6.07, 6.45) is 3.82. The van der Waals surface area contributed by atoms with E-state index in [-0.39, 0.29) is 5.75 Å². The molecular weight excluding hydrogens is 294 g/mol. The smallest absolute Gasteiger partial charge is 0.161 e. The van der Waals surface area contributed by atoms with Crippen molar-refractivity contribution in [3.05, 3.63) is 60.1 Å². The molecule has 1 aromatic carbocycles. The fourth-order valence-corrected chi connectivity index (χ4v) is 2.42. The zero-order valence-electron chi connectivity index (χ0n) is 13.5. The van der Waals surface area contributed by atoms with Crippen LogP contribution in [0.25, 0.3) is 0 Å². The van der Waals surface area contributed by atoms with Gasteiger partial charge in [-0.3, -0.25) is 0 Å². The number of ether oxygens (including phenoxy) is 1. The van der Waals surface area contributed by atoms with Crippen molar-refractivity contribution in [2.24, 2.45) is 0 Å². The molecule has 23 heavy (non-hydrogen) atoms. The monoisotopic (exact) mass is 317 g/mol. The van der Waals surface area contributed by atoms with Crippen LogP contribution in [0.1, 0.15) is 23.8 Å². The van der Waals surface area contributed by atoms with Gasteiger partial charge >= 0.3 is 0 Å². The number of furan rings is 1. The van der Waals surface area contributed by atoms with Crippen LogP contribution in [0.2, 0.25) is 0 Å². The minimum Gasteiger partial charge on any atom is -0.504 e. The van der Waals surface area contributed by atoms with Gasteiger partial charge in [-0.05, 0) is 37.1 Å². The Labute approximate surface area is 136 Å². The summed E-state index contributed by atoms with van der Waals surface area (Å²) in [7, 11) is 1.52. The van der Waals surface area contributed by atoms with E-state index in [0.29, 0.717) is 31.0 Å². The summed E-state index contributed by atoms with van der Waals surface area (Å²) in [5.41, 5.74) is 0.620. The largest absolute Gasteiger partial charge is 0.504 e. The highest BCUT2D eigenvalue weighted by atomic mass is 16.5. The molecule has 0 aliphatic rings. The van der Waals surface area contributed by atoms with Gasteiger partial charge in [0.25, 0.3) is 0 Å². The van der Waals surface area contributed by atoms with Crippen LogP contribution >= 0.6 is 0 Å². The minimum atomic E-state index is -1.09. The molecule has 1 unspecified atom stereocenters. The number of hydrogen-bond donors (Lipinski definition) is 3. The molecule has 1 aromatic heterocycles. The zero-order valence-corrected chi connectivity index (χ0v) is 13.5. The third-order valence-corrected chi connectivity index (χ3v) is 3.65. The number of phenolic OH excluding ortho intramolecular Hbond substituents is 1. The lowest BCUT2D eigenvalue weighted by Crippen LogP contribution is -2.34. The Morgan fingerprint density at radius 3 is 2.83 bits per heavy atom. The zero-order chi connectivity index (χ0) is 16.9. The maximum atomic E-state index is 10.4. The predicted octanol–water partition coefficient (Wildman–Crippen LogP) is 2.72. The van der Waals surface area contributed by atoms with Crippen molar-refractivity contribution < 1.29 is 19.4 Å². The van der Waals surface area contributed by atoms with Gasteiger partial charge in [0.2, 0.25) is 0 Å². The van der Waals surface area contributed by atoms with E-state index in [4.69, 9.17) is 9.15 Å². The van der Waals surface area contributed by atoms with Gasteiger partial charge < -0.3 is 24.7 Å². The Kier molecular flexibility index (Phi) is 5.47. The first-order valence-electron chi connectivity index (χ1n) is 7.44. The summed E-state index contributed by atoms with van der Waals surface area (Å²) in [5.74, 6) is 1.08. The first-order chi connectivity index (χ1) is 11.0. The standard InChI is InChI=1S/C18H23NO4/c1-4-6-14-9-13(10-15(22-3)17(14)20)11-19-12-18(2,21)16-7-5-8-23-16/h4-5,7-10,19-21H,1,6,11-12H2,2-3H3. The van der Waals surface area contributed by atoms with Crippen molar-refractivity contribution in [3.63, 3.8) is 0 Å². The number of methoxy groups -OCH3 is 1. The Hall–Kier alpha value is -2.24. The maximum absolute atomic E-state index is 10.4. The molecule has 0 fully saturated rings. The van der Waals surface area contributed by atoms with Gasteiger partial charge in [-0.2, -0.15) is 0 Å². The molecule has 2 aromatic rings. The lowest BCUT2D eigenvalue weighted by Gasteiger charge is -2.21. The second-order valence-electron chi connectivity index (χ2n) is 5.65. The third-order valence-electron chi connectivity index (χ3n) is 3.65. The van der Waals surface area contributed by atoms with E-state index < -0.39 is 5.60 Å². The fourth-order valence-electron chi connectivity index (χ4n) is 2.42. The van der Waals surface area contributed by atoms with E-state index in [9.17, 15) is 10.2 Å². The summed E-state index contributed by atoms with van der Waals surface area (Å²) in [4.78, 5) is 0. The highest BCUT2D eigenvalue weighted by Gasteiger charge is 2.25. The Morgan fingerprint density at radius 1 is 1.43 bits per heavy atom. The van der Waals surface area contributed by atoms with E-state index in [1.54, 1.807) is 31.2 Å². The van der Waals surface area contributed by atoms with Crippen molar-refractivity contribution in [3.8, 4) is 11.5 Å². The Bertz CT molecular complexity index is 647. The number of phenols is 1. The molecule has 0 radical (unpaired) electrons. The molecule has 0 aliphatic carbocycles. The van der Waals surface area contributed by atoms with Crippen LogP contribution in [-0.4, -0.2) is 23.9 Å². The molecule has 0 saturated carbocycles. The first-order valence-corrected chi connectivity index (χ1v) is 7.44. The average molecular weight is 317 g/mol. The molecule has 0 amide bonds. The number of rotatable bonds is 8. The molecule has 5 heteroatoms. The van der Waals surface area contributed by atoms with E-state index >= 15 is 0 Å². The lowest BCUT2D eigenvalue weighted by atomic mass is 10.0. The normalized spacial score (nSPS) is 13.5. The molecule has 5 nitrogen and oxygen atoms in total. The lowest BCUT2D eigenvalue weighted by molar-refractivity contribution is 0.0340. The van der Waals surface area contributed by atoms with Crippen molar-refractivity contribution in [1.82, 2.24) is 5.32 Å². The first kappa shape index (κ1) is 17.1. The van der Waals surface area contributed by atoms with Crippen LogP contribution in [0.3, 0.4) is 0 Å². The van der Waals surface area contributed by atoms with Crippen molar-refractivity contribution >= 4 is 0 Å². The van der Waals surface area contributed by atoms with E-state index in [1.807, 2.05) is 6.07 Å². The van der Waals surface area contributed by atoms with Crippen LogP contribution < -0.4 is 10.1 Å². The molecule has 0 bridgehead atoms. The molecule has 124 valence electrons. The van der Waals surface area contributed by atoms with Crippen LogP contribution in [0.5, 0.6) is 11.5 Å². The Morgan fingerprint density at radius 2 is 2.22 bits per heavy atom. The second kappa shape index (κ2) is 7.35. The van der Waals surface area contributed by atoms with Crippen LogP contribution in [0, 0.1) is 0 Å². The second-order valence-corrected chi connectivity index (χ2v) is 5.65. The van der Waals surface area contributed by atoms with E-state index in [2.05, 4.69) is 11.9 Å². The number of aromatic hydroxyl groups is 1. The van der Waals surface area contributed by atoms with Gasteiger partial charge in [0.05, 0.1) is 13.4 Å². The third kappa shape index (κ3) is 4.15. The van der Waals surface area contributed by atoms with Crippen molar-refractivity contribution in [2.45, 2.75) is 25.5 Å². The highest BCUT2D eigenvalue weighted by Crippen LogP contribution is 2.32. The van der Waals surface area contributed by atoms with Crippen LogP contribution in [-0.2, 0) is 18.6 Å². The number of allylic oxidation sites excluding steroid dienone is 1. The van der Waals surface area contributed by atoms with Gasteiger partial charge in [0, 0.05) is 18.7 Å². The van der Waals surface area contributed by atoms with Gasteiger partial charge in [-0.15, -0.1) is 6.58 Å². The molecular formula is C18H23NO4. The molecule has 2 rings (SSSR count). The molecule has 0 spiro atoms. The number of nitrogens with one attached hydrogen (secondary N) is 1. The van der Waals surface area contributed by atoms with Crippen LogP contribution in [0.4, 0.5) is 0 Å². The maximum Gasteiger partial charge on any atom is 0.161 e. The molecule has 1 heterocycles. The van der Waals surface area contributed by atoms with E-state index in [1.165, 1.54) is 13.4 Å². The number of hydrogen-bond acceptors (Lipinski definition) is 5. The van der Waals surface area contributed by atoms with Gasteiger partial charge in [0.15, 0.2) is 11.5 Å². The van der Waals surface area contributed by atoms with Crippen molar-refractivity contribution in [1.29, 1.82) is 0 Å². The summed E-state index contributed by atoms with van der Waals surface area (Å²) in [6, 6.07) is 7.16. The van der Waals surface area contributed by atoms with Gasteiger partial charge in [-0.25, -0.2) is 0 Å². The summed E-state index contributed by atoms with van der Waals surface area (Å²) in [6.45, 7) is 6.25. The molecule has 0 aliphatic heterocycles. The summed E-state index contributed by atoms with van der Waals surface area (Å²) >= 11 is 0. The summed E-state index contributed by atoms with van der Waals surface area (Å²) in [5, 5.41) is 23.7. The predicted molar refractivity (Wildman–Crippen MR) is 88.5 cm³/mol. The van der Waals surface area contributed by atoms with Crippen LogP contribution in [0.15, 0.2) is 47.6 Å². The highest BCUT2D eigenvalue weighted by molar-refractivity contribution is 5.49. The molecule has 1 atom stereocenters. The quantitative estimate of drug-likeness (QED) is 0.653. The van der Waals surface area contributed by atoms with Crippen molar-refractivity contribution in [2.75, 3.05) is 13.7 Å². The SMILES string of the molecule is C=CCc1cc(CNCC(C)(O)c2ccco2)cc(OC)c1O. The van der Waals surface area contributed by atoms with E-state index in [0.717, 1.165) is 11.1 Å². The van der Waals surface area contributed by atoms with Gasteiger partial charge in [0.1, 0.15) is 11.4 Å². The Balaban J connectivity index is 2.05. The van der Waals surface area contributed by atoms with Gasteiger partial charge in [-0.1, -0.05) is 12.1 Å². The fraction of sp³-hybridized carbons (Fsp3) is 0.333. The molecule has 0 saturated heterocycles. The number of benzene rings is 1.